The Morgan fingerprint density at radius 2 is 2.11 bits per heavy atom. The molecule has 0 aliphatic heterocycles. The molecule has 0 radical (unpaired) electrons. The van der Waals surface area contributed by atoms with E-state index in [9.17, 15) is 23.4 Å². The first-order valence-electron chi connectivity index (χ1n) is 10.6. The van der Waals surface area contributed by atoms with Gasteiger partial charge in [-0.15, -0.1) is 11.3 Å². The minimum atomic E-state index is -4.10. The van der Waals surface area contributed by atoms with E-state index in [1.165, 1.54) is 23.9 Å². The lowest BCUT2D eigenvalue weighted by atomic mass is 10.0. The number of nitrogens with zero attached hydrogens (tertiary/aromatic N) is 2. The summed E-state index contributed by atoms with van der Waals surface area (Å²) in [6.07, 6.45) is 1.66. The number of rotatable bonds is 9. The van der Waals surface area contributed by atoms with Crippen molar-refractivity contribution in [2.45, 2.75) is 31.1 Å². The number of anilines is 1. The zero-order valence-electron chi connectivity index (χ0n) is 18.2. The molecule has 3 aromatic rings. The summed E-state index contributed by atoms with van der Waals surface area (Å²) < 4.78 is 26.7. The fraction of sp³-hybridized carbons (Fsp3) is 0.318. The van der Waals surface area contributed by atoms with Gasteiger partial charge in [-0.3, -0.25) is 8.98 Å². The number of hydrogen-bond acceptors (Lipinski definition) is 10. The molecule has 1 aliphatic rings. The van der Waals surface area contributed by atoms with E-state index >= 15 is 0 Å². The number of nitrogens with two attached hydrogens (primary N) is 1. The third-order valence-corrected chi connectivity index (χ3v) is 7.37. The van der Waals surface area contributed by atoms with Gasteiger partial charge in [0, 0.05) is 23.2 Å². The molecule has 186 valence electrons. The second-order valence-corrected chi connectivity index (χ2v) is 10.8. The Kier molecular flexibility index (Phi) is 7.81. The molecular weight excluding hydrogens is 516 g/mol. The van der Waals surface area contributed by atoms with Crippen LogP contribution < -0.4 is 10.5 Å². The van der Waals surface area contributed by atoms with Gasteiger partial charge in [-0.05, 0) is 47.5 Å². The molecule has 1 aromatic carbocycles. The highest BCUT2D eigenvalue weighted by Crippen LogP contribution is 2.32. The Balaban J connectivity index is 1.47. The highest BCUT2D eigenvalue weighted by molar-refractivity contribution is 7.84. The van der Waals surface area contributed by atoms with Crippen LogP contribution in [0, 0.1) is 5.92 Å². The van der Waals surface area contributed by atoms with Crippen molar-refractivity contribution in [1.82, 2.24) is 9.97 Å². The van der Waals surface area contributed by atoms with Gasteiger partial charge in [0.25, 0.3) is 0 Å². The molecule has 0 unspecified atom stereocenters. The third-order valence-electron chi connectivity index (χ3n) is 5.73. The van der Waals surface area contributed by atoms with Crippen LogP contribution in [0.15, 0.2) is 48.2 Å². The van der Waals surface area contributed by atoms with Gasteiger partial charge in [0.1, 0.15) is 18.2 Å². The molecule has 10 nitrogen and oxygen atoms in total. The number of ketones is 1. The van der Waals surface area contributed by atoms with Gasteiger partial charge in [-0.1, -0.05) is 23.7 Å². The van der Waals surface area contributed by atoms with Crippen molar-refractivity contribution in [1.29, 1.82) is 0 Å². The minimum Gasteiger partial charge on any atom is -0.393 e. The number of hydrogen-bond donors (Lipinski definition) is 4. The number of nitrogens with one attached hydrogen (secondary N) is 1. The van der Waals surface area contributed by atoms with Crippen LogP contribution in [0.25, 0.3) is 0 Å². The second-order valence-electron chi connectivity index (χ2n) is 8.23. The number of carbonyl (C=O) groups excluding carboxylic acids is 1. The summed E-state index contributed by atoms with van der Waals surface area (Å²) in [5.41, 5.74) is 1.40. The molecule has 2 heterocycles. The number of aliphatic hydroxyl groups excluding tert-OH is 2. The normalized spacial score (nSPS) is 21.1. The maximum absolute atomic E-state index is 13.2. The third kappa shape index (κ3) is 6.41. The highest BCUT2D eigenvalue weighted by Gasteiger charge is 2.35. The maximum Gasteiger partial charge on any atom is 0.333 e. The second kappa shape index (κ2) is 10.7. The Bertz CT molecular complexity index is 1320. The number of benzene rings is 1. The Morgan fingerprint density at radius 3 is 2.86 bits per heavy atom. The predicted molar refractivity (Wildman–Crippen MR) is 130 cm³/mol. The zero-order chi connectivity index (χ0) is 25.2. The van der Waals surface area contributed by atoms with Gasteiger partial charge in [0.2, 0.25) is 5.78 Å². The average molecular weight is 539 g/mol. The zero-order valence-corrected chi connectivity index (χ0v) is 20.6. The number of carbonyl (C=O) groups is 1. The smallest absolute Gasteiger partial charge is 0.333 e. The molecule has 0 saturated heterocycles. The quantitative estimate of drug-likeness (QED) is 0.299. The van der Waals surface area contributed by atoms with E-state index in [1.807, 2.05) is 0 Å². The van der Waals surface area contributed by atoms with Gasteiger partial charge in [-0.2, -0.15) is 8.42 Å². The first-order chi connectivity index (χ1) is 16.6. The van der Waals surface area contributed by atoms with Gasteiger partial charge in [-0.25, -0.2) is 15.1 Å². The first kappa shape index (κ1) is 25.6. The predicted octanol–water partition coefficient (Wildman–Crippen LogP) is 2.28. The molecule has 1 fully saturated rings. The SMILES string of the molecule is NS(=O)(=O)OC[C@H]1C[C@@H](Nc2ncncc2C(=O)c2cc([C@H](O)c3cccc(Cl)c3)cs2)C[C@@H]1O. The molecule has 13 heteroatoms. The first-order valence-corrected chi connectivity index (χ1v) is 13.3. The molecule has 0 spiro atoms. The fourth-order valence-corrected chi connectivity index (χ4v) is 5.45. The monoisotopic (exact) mass is 538 g/mol. The van der Waals surface area contributed by atoms with Crippen LogP contribution in [-0.2, 0) is 14.5 Å². The summed E-state index contributed by atoms with van der Waals surface area (Å²) in [4.78, 5) is 21.8. The lowest BCUT2D eigenvalue weighted by Gasteiger charge is -2.15. The van der Waals surface area contributed by atoms with E-state index < -0.39 is 28.4 Å². The Labute approximate surface area is 211 Å². The molecule has 4 rings (SSSR count). The molecule has 5 N–H and O–H groups in total. The molecule has 4 atom stereocenters. The van der Waals surface area contributed by atoms with E-state index in [2.05, 4.69) is 19.5 Å². The summed E-state index contributed by atoms with van der Waals surface area (Å²) in [5.74, 6) is -0.476. The molecule has 0 amide bonds. The van der Waals surface area contributed by atoms with Crippen LogP contribution in [0.2, 0.25) is 5.02 Å². The van der Waals surface area contributed by atoms with Crippen LogP contribution in [0.4, 0.5) is 5.82 Å². The molecular formula is C22H23ClN4O6S2. The molecule has 35 heavy (non-hydrogen) atoms. The molecule has 1 saturated carbocycles. The van der Waals surface area contributed by atoms with E-state index in [0.717, 1.165) is 0 Å². The topological polar surface area (TPSA) is 165 Å². The summed E-state index contributed by atoms with van der Waals surface area (Å²) in [7, 11) is -4.10. The van der Waals surface area contributed by atoms with Crippen LogP contribution in [0.3, 0.4) is 0 Å². The van der Waals surface area contributed by atoms with E-state index in [-0.39, 0.29) is 24.0 Å². The van der Waals surface area contributed by atoms with Crippen molar-refractivity contribution < 1.29 is 27.6 Å². The summed E-state index contributed by atoms with van der Waals surface area (Å²) in [6.45, 7) is -0.235. The van der Waals surface area contributed by atoms with Gasteiger partial charge in [0.15, 0.2) is 0 Å². The number of aliphatic hydroxyl groups is 2. The average Bonchev–Trinajstić information content (AvgIpc) is 3.43. The fourth-order valence-electron chi connectivity index (χ4n) is 4.00. The van der Waals surface area contributed by atoms with Gasteiger partial charge >= 0.3 is 10.3 Å². The van der Waals surface area contributed by atoms with Crippen LogP contribution in [-0.4, -0.2) is 53.1 Å². The van der Waals surface area contributed by atoms with Crippen LogP contribution in [0.5, 0.6) is 0 Å². The van der Waals surface area contributed by atoms with Crippen molar-refractivity contribution in [3.8, 4) is 0 Å². The van der Waals surface area contributed by atoms with Crippen molar-refractivity contribution in [2.24, 2.45) is 11.1 Å². The van der Waals surface area contributed by atoms with Crippen LogP contribution in [0.1, 0.15) is 45.3 Å². The number of aromatic nitrogens is 2. The molecule has 1 aliphatic carbocycles. The highest BCUT2D eigenvalue weighted by atomic mass is 35.5. The Morgan fingerprint density at radius 1 is 1.31 bits per heavy atom. The molecule has 2 aromatic heterocycles. The molecule has 0 bridgehead atoms. The van der Waals surface area contributed by atoms with E-state index in [4.69, 9.17) is 16.7 Å². The van der Waals surface area contributed by atoms with Crippen molar-refractivity contribution in [3.63, 3.8) is 0 Å². The summed E-state index contributed by atoms with van der Waals surface area (Å²) >= 11 is 7.21. The lowest BCUT2D eigenvalue weighted by Crippen LogP contribution is -2.24. The standard InChI is InChI=1S/C22H23ClN4O6S2/c23-15-3-1-2-12(4-15)20(29)14-6-19(34-10-14)21(30)17-8-25-11-26-22(17)27-16-5-13(18(28)7-16)9-33-35(24,31)32/h1-4,6,8,10-11,13,16,18,20,28-29H,5,7,9H2,(H2,24,31,32)(H,25,26,27)/t13-,16-,18+,20-/m1/s1. The van der Waals surface area contributed by atoms with Crippen LogP contribution >= 0.6 is 22.9 Å². The Hall–Kier alpha value is -2.45. The minimum absolute atomic E-state index is 0.233. The largest absolute Gasteiger partial charge is 0.393 e. The van der Waals surface area contributed by atoms with Crippen molar-refractivity contribution in [3.05, 3.63) is 74.8 Å². The summed E-state index contributed by atoms with van der Waals surface area (Å²) in [6, 6.07) is 8.21. The van der Waals surface area contributed by atoms with Gasteiger partial charge in [0.05, 0.1) is 23.2 Å². The van der Waals surface area contributed by atoms with E-state index in [0.29, 0.717) is 39.7 Å². The maximum atomic E-state index is 13.2. The van der Waals surface area contributed by atoms with Crippen molar-refractivity contribution in [2.75, 3.05) is 11.9 Å². The van der Waals surface area contributed by atoms with Gasteiger partial charge < -0.3 is 15.5 Å². The number of thiophene rings is 1. The lowest BCUT2D eigenvalue weighted by molar-refractivity contribution is 0.101. The van der Waals surface area contributed by atoms with Crippen molar-refractivity contribution >= 4 is 44.8 Å². The van der Waals surface area contributed by atoms with E-state index in [1.54, 1.807) is 35.7 Å². The number of halogens is 1. The summed E-state index contributed by atoms with van der Waals surface area (Å²) in [5, 5.41) is 31.2.